The lowest BCUT2D eigenvalue weighted by Gasteiger charge is -2.12. The number of anilines is 2. The van der Waals surface area contributed by atoms with E-state index in [0.717, 1.165) is 36.3 Å². The molecular weight excluding hydrogens is 310 g/mol. The Morgan fingerprint density at radius 1 is 1.00 bits per heavy atom. The number of benzene rings is 2. The highest BCUT2D eigenvalue weighted by molar-refractivity contribution is 6.04. The zero-order chi connectivity index (χ0) is 16.9. The molecule has 0 bridgehead atoms. The summed E-state index contributed by atoms with van der Waals surface area (Å²) >= 11 is 0. The highest BCUT2D eigenvalue weighted by Crippen LogP contribution is 2.25. The van der Waals surface area contributed by atoms with E-state index in [9.17, 15) is 13.6 Å². The molecule has 24 heavy (non-hydrogen) atoms. The van der Waals surface area contributed by atoms with Gasteiger partial charge in [-0.05, 0) is 61.2 Å². The zero-order valence-corrected chi connectivity index (χ0v) is 13.3. The molecule has 1 saturated carbocycles. The molecular formula is C19H20F2N2O. The topological polar surface area (TPSA) is 41.1 Å². The normalized spacial score (nSPS) is 14.6. The summed E-state index contributed by atoms with van der Waals surface area (Å²) in [6.07, 6.45) is 5.18. The molecule has 5 heteroatoms. The maximum atomic E-state index is 13.6. The van der Waals surface area contributed by atoms with Crippen molar-refractivity contribution in [3.05, 3.63) is 59.7 Å². The summed E-state index contributed by atoms with van der Waals surface area (Å²) < 4.78 is 26.8. The van der Waals surface area contributed by atoms with Gasteiger partial charge in [-0.1, -0.05) is 12.8 Å². The first-order valence-electron chi connectivity index (χ1n) is 8.22. The summed E-state index contributed by atoms with van der Waals surface area (Å²) in [6, 6.07) is 10.0. The fourth-order valence-corrected chi connectivity index (χ4v) is 3.02. The van der Waals surface area contributed by atoms with Gasteiger partial charge in [0, 0.05) is 17.9 Å². The van der Waals surface area contributed by atoms with Crippen LogP contribution in [0.15, 0.2) is 42.5 Å². The fourth-order valence-electron chi connectivity index (χ4n) is 3.02. The van der Waals surface area contributed by atoms with E-state index in [2.05, 4.69) is 10.6 Å². The Labute approximate surface area is 140 Å². The van der Waals surface area contributed by atoms with Gasteiger partial charge in [-0.2, -0.15) is 0 Å². The average Bonchev–Trinajstić information content (AvgIpc) is 3.10. The molecule has 3 nitrogen and oxygen atoms in total. The summed E-state index contributed by atoms with van der Waals surface area (Å²) in [4.78, 5) is 12.0. The van der Waals surface area contributed by atoms with E-state index in [-0.39, 0.29) is 5.56 Å². The Morgan fingerprint density at radius 2 is 1.67 bits per heavy atom. The second-order valence-electron chi connectivity index (χ2n) is 6.19. The van der Waals surface area contributed by atoms with Crippen molar-refractivity contribution in [2.45, 2.75) is 25.7 Å². The van der Waals surface area contributed by atoms with E-state index in [1.807, 2.05) is 12.1 Å². The molecule has 126 valence electrons. The third-order valence-electron chi connectivity index (χ3n) is 4.39. The lowest BCUT2D eigenvalue weighted by atomic mass is 10.1. The highest BCUT2D eigenvalue weighted by atomic mass is 19.1. The van der Waals surface area contributed by atoms with Crippen LogP contribution in [0.3, 0.4) is 0 Å². The maximum Gasteiger partial charge on any atom is 0.258 e. The van der Waals surface area contributed by atoms with Crippen LogP contribution in [-0.4, -0.2) is 12.5 Å². The first kappa shape index (κ1) is 16.4. The van der Waals surface area contributed by atoms with Crippen LogP contribution in [0.1, 0.15) is 36.0 Å². The number of hydrogen-bond acceptors (Lipinski definition) is 2. The molecule has 2 aromatic carbocycles. The van der Waals surface area contributed by atoms with Crippen molar-refractivity contribution in [3.63, 3.8) is 0 Å². The Balaban J connectivity index is 1.59. The van der Waals surface area contributed by atoms with Crippen molar-refractivity contribution in [1.82, 2.24) is 0 Å². The van der Waals surface area contributed by atoms with Crippen LogP contribution in [0.2, 0.25) is 0 Å². The molecule has 1 aliphatic carbocycles. The molecule has 0 heterocycles. The molecule has 1 amide bonds. The number of hydrogen-bond donors (Lipinski definition) is 2. The first-order chi connectivity index (χ1) is 11.6. The van der Waals surface area contributed by atoms with E-state index in [0.29, 0.717) is 5.69 Å². The lowest BCUT2D eigenvalue weighted by molar-refractivity contribution is 0.102. The van der Waals surface area contributed by atoms with E-state index in [1.165, 1.54) is 25.7 Å². The Morgan fingerprint density at radius 3 is 2.38 bits per heavy atom. The Bertz CT molecular complexity index is 710. The van der Waals surface area contributed by atoms with Crippen LogP contribution in [0, 0.1) is 17.6 Å². The van der Waals surface area contributed by atoms with Crippen LogP contribution in [-0.2, 0) is 0 Å². The second-order valence-corrected chi connectivity index (χ2v) is 6.19. The average molecular weight is 330 g/mol. The van der Waals surface area contributed by atoms with Crippen LogP contribution in [0.25, 0.3) is 0 Å². The molecule has 1 aliphatic rings. The van der Waals surface area contributed by atoms with Crippen molar-refractivity contribution in [3.8, 4) is 0 Å². The lowest BCUT2D eigenvalue weighted by Crippen LogP contribution is -2.14. The second kappa shape index (κ2) is 7.43. The molecule has 0 aliphatic heterocycles. The number of rotatable bonds is 5. The number of carbonyl (C=O) groups is 1. The van der Waals surface area contributed by atoms with E-state index in [1.54, 1.807) is 12.1 Å². The molecule has 2 N–H and O–H groups in total. The molecule has 3 rings (SSSR count). The summed E-state index contributed by atoms with van der Waals surface area (Å²) in [5.74, 6) is -1.32. The smallest absolute Gasteiger partial charge is 0.258 e. The van der Waals surface area contributed by atoms with Gasteiger partial charge in [-0.3, -0.25) is 4.79 Å². The number of nitrogens with one attached hydrogen (secondary N) is 2. The molecule has 2 aromatic rings. The first-order valence-corrected chi connectivity index (χ1v) is 8.22. The number of halogens is 2. The van der Waals surface area contributed by atoms with Crippen molar-refractivity contribution >= 4 is 17.3 Å². The van der Waals surface area contributed by atoms with Gasteiger partial charge in [0.2, 0.25) is 0 Å². The Hall–Kier alpha value is -2.43. The van der Waals surface area contributed by atoms with Crippen LogP contribution in [0.4, 0.5) is 20.2 Å². The van der Waals surface area contributed by atoms with Gasteiger partial charge < -0.3 is 10.6 Å². The molecule has 0 spiro atoms. The SMILES string of the molecule is O=C(Nc1ccc(NCC2CCCC2)cc1)c1cc(F)ccc1F. The third-order valence-corrected chi connectivity index (χ3v) is 4.39. The van der Waals surface area contributed by atoms with Gasteiger partial charge in [-0.15, -0.1) is 0 Å². The minimum Gasteiger partial charge on any atom is -0.385 e. The summed E-state index contributed by atoms with van der Waals surface area (Å²) in [7, 11) is 0. The largest absolute Gasteiger partial charge is 0.385 e. The number of carbonyl (C=O) groups excluding carboxylic acids is 1. The summed E-state index contributed by atoms with van der Waals surface area (Å²) in [6.45, 7) is 0.959. The van der Waals surface area contributed by atoms with Crippen LogP contribution >= 0.6 is 0 Å². The van der Waals surface area contributed by atoms with Gasteiger partial charge in [0.25, 0.3) is 5.91 Å². The number of amides is 1. The van der Waals surface area contributed by atoms with E-state index >= 15 is 0 Å². The van der Waals surface area contributed by atoms with Gasteiger partial charge in [-0.25, -0.2) is 8.78 Å². The van der Waals surface area contributed by atoms with Crippen LogP contribution < -0.4 is 10.6 Å². The highest BCUT2D eigenvalue weighted by Gasteiger charge is 2.15. The van der Waals surface area contributed by atoms with Gasteiger partial charge in [0.05, 0.1) is 5.56 Å². The van der Waals surface area contributed by atoms with Crippen LogP contribution in [0.5, 0.6) is 0 Å². The fraction of sp³-hybridized carbons (Fsp3) is 0.316. The molecule has 0 radical (unpaired) electrons. The van der Waals surface area contributed by atoms with Crippen molar-refractivity contribution in [2.75, 3.05) is 17.2 Å². The predicted octanol–water partition coefficient (Wildman–Crippen LogP) is 4.82. The van der Waals surface area contributed by atoms with Gasteiger partial charge >= 0.3 is 0 Å². The van der Waals surface area contributed by atoms with Gasteiger partial charge in [0.15, 0.2) is 0 Å². The van der Waals surface area contributed by atoms with E-state index in [4.69, 9.17) is 0 Å². The minimum absolute atomic E-state index is 0.307. The third kappa shape index (κ3) is 4.10. The summed E-state index contributed by atoms with van der Waals surface area (Å²) in [5, 5.41) is 5.97. The standard InChI is InChI=1S/C19H20F2N2O/c20-14-5-10-18(21)17(11-14)19(24)23-16-8-6-15(7-9-16)22-12-13-3-1-2-4-13/h5-11,13,22H,1-4,12H2,(H,23,24). The maximum absolute atomic E-state index is 13.6. The molecule has 0 atom stereocenters. The Kier molecular flexibility index (Phi) is 5.08. The monoisotopic (exact) mass is 330 g/mol. The molecule has 0 unspecified atom stereocenters. The van der Waals surface area contributed by atoms with Crippen molar-refractivity contribution in [1.29, 1.82) is 0 Å². The predicted molar refractivity (Wildman–Crippen MR) is 91.2 cm³/mol. The quantitative estimate of drug-likeness (QED) is 0.825. The molecule has 1 fully saturated rings. The zero-order valence-electron chi connectivity index (χ0n) is 13.3. The minimum atomic E-state index is -0.747. The van der Waals surface area contributed by atoms with Crippen molar-refractivity contribution in [2.24, 2.45) is 5.92 Å². The van der Waals surface area contributed by atoms with Crippen molar-refractivity contribution < 1.29 is 13.6 Å². The molecule has 0 aromatic heterocycles. The molecule has 0 saturated heterocycles. The summed E-state index contributed by atoms with van der Waals surface area (Å²) in [5.41, 5.74) is 1.21. The van der Waals surface area contributed by atoms with E-state index < -0.39 is 17.5 Å². The van der Waals surface area contributed by atoms with Gasteiger partial charge in [0.1, 0.15) is 11.6 Å².